The third kappa shape index (κ3) is 1.15. The lowest BCUT2D eigenvalue weighted by atomic mass is 10.3. The van der Waals surface area contributed by atoms with Crippen LogP contribution >= 0.6 is 0 Å². The molecule has 3 N–H and O–H groups in total. The number of rotatable bonds is 1. The molecule has 0 saturated carbocycles. The van der Waals surface area contributed by atoms with Gasteiger partial charge in [-0.1, -0.05) is 0 Å². The summed E-state index contributed by atoms with van der Waals surface area (Å²) in [6.45, 7) is 4.48. The van der Waals surface area contributed by atoms with Gasteiger partial charge in [0.1, 0.15) is 0 Å². The molecule has 4 heteroatoms. The Balaban J connectivity index is 1.85. The van der Waals surface area contributed by atoms with Gasteiger partial charge in [0.05, 0.1) is 6.04 Å². The van der Waals surface area contributed by atoms with Gasteiger partial charge in [-0.3, -0.25) is 16.3 Å². The lowest BCUT2D eigenvalue weighted by molar-refractivity contribution is 0.195. The fraction of sp³-hybridized carbons (Fsp3) is 1.00. The predicted molar refractivity (Wildman–Crippen MR) is 39.1 cm³/mol. The third-order valence-electron chi connectivity index (χ3n) is 2.13. The van der Waals surface area contributed by atoms with E-state index in [9.17, 15) is 0 Å². The van der Waals surface area contributed by atoms with Crippen LogP contribution in [0.1, 0.15) is 6.42 Å². The minimum absolute atomic E-state index is 0.655. The zero-order valence-electron chi connectivity index (χ0n) is 6.06. The van der Waals surface area contributed by atoms with E-state index in [1.165, 1.54) is 13.0 Å². The Hall–Kier alpha value is -0.160. The molecule has 2 saturated heterocycles. The Kier molecular flexibility index (Phi) is 1.86. The number of nitrogens with one attached hydrogen (secondary N) is 3. The fourth-order valence-corrected chi connectivity index (χ4v) is 1.54. The summed E-state index contributed by atoms with van der Waals surface area (Å²) in [7, 11) is 0. The van der Waals surface area contributed by atoms with Gasteiger partial charge in [-0.15, -0.1) is 0 Å². The van der Waals surface area contributed by atoms with E-state index >= 15 is 0 Å². The number of hydrogen-bond donors (Lipinski definition) is 3. The molecule has 2 fully saturated rings. The zero-order chi connectivity index (χ0) is 6.81. The lowest BCUT2D eigenvalue weighted by Gasteiger charge is -2.21. The van der Waals surface area contributed by atoms with E-state index in [2.05, 4.69) is 21.3 Å². The highest BCUT2D eigenvalue weighted by atomic mass is 15.6. The van der Waals surface area contributed by atoms with Crippen LogP contribution in [0.15, 0.2) is 0 Å². The average Bonchev–Trinajstić information content (AvgIpc) is 2.59. The number of hydrogen-bond acceptors (Lipinski definition) is 4. The normalized spacial score (nSPS) is 30.0. The van der Waals surface area contributed by atoms with Crippen LogP contribution in [0.25, 0.3) is 0 Å². The van der Waals surface area contributed by atoms with E-state index in [0.717, 1.165) is 19.6 Å². The molecular weight excluding hydrogens is 128 g/mol. The molecule has 0 unspecified atom stereocenters. The quantitative estimate of drug-likeness (QED) is 0.424. The molecule has 0 bridgehead atoms. The largest absolute Gasteiger partial charge is 0.256 e. The maximum atomic E-state index is 3.35. The van der Waals surface area contributed by atoms with Crippen molar-refractivity contribution in [3.63, 3.8) is 0 Å². The summed E-state index contributed by atoms with van der Waals surface area (Å²) in [5.41, 5.74) is 9.59. The van der Waals surface area contributed by atoms with Crippen LogP contribution < -0.4 is 16.3 Å². The fourth-order valence-electron chi connectivity index (χ4n) is 1.54. The van der Waals surface area contributed by atoms with E-state index in [1.54, 1.807) is 0 Å². The van der Waals surface area contributed by atoms with Crippen LogP contribution in [0.4, 0.5) is 0 Å². The van der Waals surface area contributed by atoms with Crippen molar-refractivity contribution in [2.75, 3.05) is 26.2 Å². The molecule has 0 aromatic heterocycles. The highest BCUT2D eigenvalue weighted by Crippen LogP contribution is 2.03. The van der Waals surface area contributed by atoms with Crippen molar-refractivity contribution in [2.24, 2.45) is 0 Å². The van der Waals surface area contributed by atoms with Gasteiger partial charge >= 0.3 is 0 Å². The SMILES string of the molecule is C1CNN(C2CNNC2)C1. The van der Waals surface area contributed by atoms with Crippen LogP contribution in [0.2, 0.25) is 0 Å². The Bertz CT molecular complexity index is 90.3. The standard InChI is InChI=1S/C6H14N4/c1-2-9-10(3-1)6-4-7-8-5-6/h6-9H,1-5H2. The Morgan fingerprint density at radius 3 is 2.60 bits per heavy atom. The first-order valence-corrected chi connectivity index (χ1v) is 3.93. The van der Waals surface area contributed by atoms with Crippen LogP contribution in [0.3, 0.4) is 0 Å². The summed E-state index contributed by atoms with van der Waals surface area (Å²) in [6, 6.07) is 0.655. The van der Waals surface area contributed by atoms with Crippen LogP contribution in [-0.4, -0.2) is 37.2 Å². The van der Waals surface area contributed by atoms with Crippen LogP contribution in [0.5, 0.6) is 0 Å². The highest BCUT2D eigenvalue weighted by Gasteiger charge is 2.23. The van der Waals surface area contributed by atoms with Gasteiger partial charge in [0.15, 0.2) is 0 Å². The molecule has 0 spiro atoms. The topological polar surface area (TPSA) is 39.3 Å². The lowest BCUT2D eigenvalue weighted by Crippen LogP contribution is -2.43. The van der Waals surface area contributed by atoms with Gasteiger partial charge in [-0.2, -0.15) is 0 Å². The molecule has 0 radical (unpaired) electrons. The van der Waals surface area contributed by atoms with E-state index < -0.39 is 0 Å². The van der Waals surface area contributed by atoms with Crippen molar-refractivity contribution in [1.29, 1.82) is 0 Å². The smallest absolute Gasteiger partial charge is 0.0520 e. The summed E-state index contributed by atoms with van der Waals surface area (Å²) in [5.74, 6) is 0. The molecule has 2 aliphatic heterocycles. The number of nitrogens with zero attached hydrogens (tertiary/aromatic N) is 1. The van der Waals surface area contributed by atoms with Gasteiger partial charge in [0.25, 0.3) is 0 Å². The van der Waals surface area contributed by atoms with Crippen molar-refractivity contribution in [3.05, 3.63) is 0 Å². The molecule has 2 rings (SSSR count). The first kappa shape index (κ1) is 6.54. The van der Waals surface area contributed by atoms with Crippen molar-refractivity contribution in [2.45, 2.75) is 12.5 Å². The summed E-state index contributed by atoms with van der Waals surface area (Å²) < 4.78 is 0. The molecule has 0 aromatic carbocycles. The first-order valence-electron chi connectivity index (χ1n) is 3.93. The molecule has 10 heavy (non-hydrogen) atoms. The molecule has 2 heterocycles. The van der Waals surface area contributed by atoms with Gasteiger partial charge in [-0.05, 0) is 6.42 Å². The molecule has 4 nitrogen and oxygen atoms in total. The molecule has 0 aromatic rings. The number of hydrazine groups is 2. The van der Waals surface area contributed by atoms with Crippen LogP contribution in [-0.2, 0) is 0 Å². The molecule has 0 aliphatic carbocycles. The van der Waals surface area contributed by atoms with E-state index in [0.29, 0.717) is 6.04 Å². The van der Waals surface area contributed by atoms with E-state index in [1.807, 2.05) is 0 Å². The summed E-state index contributed by atoms with van der Waals surface area (Å²) in [5, 5.41) is 2.33. The minimum Gasteiger partial charge on any atom is -0.256 e. The van der Waals surface area contributed by atoms with Crippen molar-refractivity contribution in [3.8, 4) is 0 Å². The van der Waals surface area contributed by atoms with Crippen molar-refractivity contribution < 1.29 is 0 Å². The summed E-state index contributed by atoms with van der Waals surface area (Å²) in [6.07, 6.45) is 1.29. The summed E-state index contributed by atoms with van der Waals surface area (Å²) in [4.78, 5) is 0. The minimum atomic E-state index is 0.655. The van der Waals surface area contributed by atoms with E-state index in [4.69, 9.17) is 0 Å². The maximum absolute atomic E-state index is 3.35. The highest BCUT2D eigenvalue weighted by molar-refractivity contribution is 4.79. The second-order valence-electron chi connectivity index (χ2n) is 2.87. The van der Waals surface area contributed by atoms with Crippen molar-refractivity contribution >= 4 is 0 Å². The Labute approximate surface area is 60.9 Å². The second-order valence-corrected chi connectivity index (χ2v) is 2.87. The molecule has 2 aliphatic rings. The molecule has 0 atom stereocenters. The maximum Gasteiger partial charge on any atom is 0.0520 e. The molecule has 0 amide bonds. The summed E-state index contributed by atoms with van der Waals surface area (Å²) >= 11 is 0. The molecule has 58 valence electrons. The van der Waals surface area contributed by atoms with Gasteiger partial charge < -0.3 is 0 Å². The van der Waals surface area contributed by atoms with Gasteiger partial charge in [0, 0.05) is 26.2 Å². The van der Waals surface area contributed by atoms with E-state index in [-0.39, 0.29) is 0 Å². The Morgan fingerprint density at radius 2 is 2.00 bits per heavy atom. The van der Waals surface area contributed by atoms with Gasteiger partial charge in [0.2, 0.25) is 0 Å². The molecular formula is C6H14N4. The van der Waals surface area contributed by atoms with Gasteiger partial charge in [-0.25, -0.2) is 5.01 Å². The van der Waals surface area contributed by atoms with Crippen LogP contribution in [0, 0.1) is 0 Å². The second kappa shape index (κ2) is 2.84. The van der Waals surface area contributed by atoms with Crippen molar-refractivity contribution in [1.82, 2.24) is 21.3 Å². The monoisotopic (exact) mass is 142 g/mol. The zero-order valence-corrected chi connectivity index (χ0v) is 6.06. The Morgan fingerprint density at radius 1 is 1.20 bits per heavy atom. The first-order chi connectivity index (χ1) is 4.97. The average molecular weight is 142 g/mol. The predicted octanol–water partition coefficient (Wildman–Crippen LogP) is -1.33. The third-order valence-corrected chi connectivity index (χ3v) is 2.13.